The van der Waals surface area contributed by atoms with E-state index >= 15 is 0 Å². The fourth-order valence-electron chi connectivity index (χ4n) is 2.26. The van der Waals surface area contributed by atoms with Gasteiger partial charge in [0.25, 0.3) is 0 Å². The van der Waals surface area contributed by atoms with Gasteiger partial charge in [-0.1, -0.05) is 36.4 Å². The highest BCUT2D eigenvalue weighted by atomic mass is 16.5. The number of rotatable bonds is 5. The van der Waals surface area contributed by atoms with E-state index in [0.717, 1.165) is 28.9 Å². The normalized spacial score (nSPS) is 10.5. The molecule has 0 bridgehead atoms. The van der Waals surface area contributed by atoms with Gasteiger partial charge in [0.15, 0.2) is 0 Å². The second-order valence-corrected chi connectivity index (χ2v) is 4.95. The molecule has 0 saturated heterocycles. The van der Waals surface area contributed by atoms with Gasteiger partial charge in [-0.05, 0) is 30.7 Å². The summed E-state index contributed by atoms with van der Waals surface area (Å²) in [6.07, 6.45) is 1.77. The lowest BCUT2D eigenvalue weighted by Gasteiger charge is -2.10. The number of fused-ring (bicyclic) bond motifs is 1. The number of aryl methyl sites for hydroxylation is 1. The van der Waals surface area contributed by atoms with E-state index in [1.807, 2.05) is 42.5 Å². The maximum absolute atomic E-state index is 5.75. The van der Waals surface area contributed by atoms with Gasteiger partial charge in [-0.25, -0.2) is 0 Å². The van der Waals surface area contributed by atoms with Crippen molar-refractivity contribution in [1.82, 2.24) is 4.98 Å². The van der Waals surface area contributed by atoms with Crippen LogP contribution in [0.2, 0.25) is 0 Å². The third-order valence-electron chi connectivity index (χ3n) is 3.40. The van der Waals surface area contributed by atoms with Crippen LogP contribution in [0.15, 0.2) is 60.8 Å². The Hall–Kier alpha value is -2.55. The van der Waals surface area contributed by atoms with E-state index < -0.39 is 0 Å². The molecule has 0 aliphatic carbocycles. The van der Waals surface area contributed by atoms with Crippen molar-refractivity contribution in [3.05, 3.63) is 66.4 Å². The van der Waals surface area contributed by atoms with E-state index in [4.69, 9.17) is 4.74 Å². The van der Waals surface area contributed by atoms with Crippen LogP contribution in [-0.4, -0.2) is 18.1 Å². The monoisotopic (exact) mass is 278 g/mol. The Labute approximate surface area is 124 Å². The van der Waals surface area contributed by atoms with Crippen LogP contribution in [0, 0.1) is 6.92 Å². The smallest absolute Gasteiger partial charge is 0.138 e. The first kappa shape index (κ1) is 13.4. The number of nitrogens with zero attached hydrogens (tertiary/aromatic N) is 1. The van der Waals surface area contributed by atoms with Crippen molar-refractivity contribution in [1.29, 1.82) is 0 Å². The topological polar surface area (TPSA) is 34.1 Å². The lowest BCUT2D eigenvalue weighted by atomic mass is 10.2. The van der Waals surface area contributed by atoms with Crippen molar-refractivity contribution in [2.45, 2.75) is 6.92 Å². The first-order chi connectivity index (χ1) is 10.3. The summed E-state index contributed by atoms with van der Waals surface area (Å²) in [5.74, 6) is 0.806. The summed E-state index contributed by atoms with van der Waals surface area (Å²) in [4.78, 5) is 4.39. The van der Waals surface area contributed by atoms with Crippen LogP contribution in [0.25, 0.3) is 10.9 Å². The summed E-state index contributed by atoms with van der Waals surface area (Å²) >= 11 is 0. The van der Waals surface area contributed by atoms with Gasteiger partial charge in [0, 0.05) is 17.6 Å². The lowest BCUT2D eigenvalue weighted by Crippen LogP contribution is -2.12. The predicted molar refractivity (Wildman–Crippen MR) is 86.9 cm³/mol. The number of hydrogen-bond donors (Lipinski definition) is 1. The molecule has 0 radical (unpaired) electrons. The largest absolute Gasteiger partial charge is 0.490 e. The zero-order valence-corrected chi connectivity index (χ0v) is 12.0. The summed E-state index contributed by atoms with van der Waals surface area (Å²) in [6.45, 7) is 3.46. The van der Waals surface area contributed by atoms with Gasteiger partial charge in [-0.3, -0.25) is 4.98 Å². The lowest BCUT2D eigenvalue weighted by molar-refractivity contribution is 0.332. The fourth-order valence-corrected chi connectivity index (χ4v) is 2.26. The Morgan fingerprint density at radius 1 is 1.05 bits per heavy atom. The third kappa shape index (κ3) is 3.31. The number of benzene rings is 2. The van der Waals surface area contributed by atoms with E-state index in [2.05, 4.69) is 29.4 Å². The van der Waals surface area contributed by atoms with Gasteiger partial charge in [-0.2, -0.15) is 0 Å². The zero-order valence-electron chi connectivity index (χ0n) is 12.0. The molecule has 3 heteroatoms. The number of hydrogen-bond acceptors (Lipinski definition) is 3. The van der Waals surface area contributed by atoms with Crippen LogP contribution < -0.4 is 10.1 Å². The molecular formula is C18H18N2O. The van der Waals surface area contributed by atoms with Crippen LogP contribution in [0.5, 0.6) is 5.75 Å². The average molecular weight is 278 g/mol. The van der Waals surface area contributed by atoms with Gasteiger partial charge >= 0.3 is 0 Å². The van der Waals surface area contributed by atoms with Gasteiger partial charge in [0.05, 0.1) is 11.7 Å². The Bertz CT molecular complexity index is 740. The van der Waals surface area contributed by atoms with Crippen molar-refractivity contribution in [3.63, 3.8) is 0 Å². The van der Waals surface area contributed by atoms with Crippen molar-refractivity contribution >= 4 is 16.6 Å². The van der Waals surface area contributed by atoms with Gasteiger partial charge in [0.2, 0.25) is 0 Å². The molecule has 1 heterocycles. The number of pyridine rings is 1. The number of anilines is 1. The molecule has 1 N–H and O–H groups in total. The van der Waals surface area contributed by atoms with E-state index in [1.165, 1.54) is 5.56 Å². The van der Waals surface area contributed by atoms with E-state index in [9.17, 15) is 0 Å². The highest BCUT2D eigenvalue weighted by Crippen LogP contribution is 2.18. The number of nitrogens with one attached hydrogen (secondary N) is 1. The Morgan fingerprint density at radius 2 is 1.86 bits per heavy atom. The summed E-state index contributed by atoms with van der Waals surface area (Å²) in [6, 6.07) is 18.3. The summed E-state index contributed by atoms with van der Waals surface area (Å²) < 4.78 is 5.75. The first-order valence-electron chi connectivity index (χ1n) is 7.10. The molecule has 3 aromatic rings. The molecule has 1 aromatic heterocycles. The van der Waals surface area contributed by atoms with E-state index in [0.29, 0.717) is 6.61 Å². The Kier molecular flexibility index (Phi) is 4.01. The molecule has 0 atom stereocenters. The summed E-state index contributed by atoms with van der Waals surface area (Å²) in [5.41, 5.74) is 3.38. The van der Waals surface area contributed by atoms with E-state index in [1.54, 1.807) is 6.20 Å². The zero-order chi connectivity index (χ0) is 14.5. The fraction of sp³-hybridized carbons (Fsp3) is 0.167. The van der Waals surface area contributed by atoms with Crippen molar-refractivity contribution < 1.29 is 4.74 Å². The first-order valence-corrected chi connectivity index (χ1v) is 7.10. The van der Waals surface area contributed by atoms with Gasteiger partial charge < -0.3 is 10.1 Å². The number of ether oxygens (including phenoxy) is 1. The average Bonchev–Trinajstić information content (AvgIpc) is 2.53. The minimum absolute atomic E-state index is 0.606. The van der Waals surface area contributed by atoms with E-state index in [-0.39, 0.29) is 0 Å². The molecule has 0 amide bonds. The predicted octanol–water partition coefficient (Wildman–Crippen LogP) is 4.03. The highest BCUT2D eigenvalue weighted by Gasteiger charge is 1.99. The summed E-state index contributed by atoms with van der Waals surface area (Å²) in [7, 11) is 0. The quantitative estimate of drug-likeness (QED) is 0.715. The molecule has 3 nitrogen and oxygen atoms in total. The molecule has 0 aliphatic heterocycles. The molecule has 2 aromatic carbocycles. The van der Waals surface area contributed by atoms with Gasteiger partial charge in [0.1, 0.15) is 12.4 Å². The molecule has 0 saturated carbocycles. The standard InChI is InChI=1S/C18H18N2O/c1-14-6-2-4-8-17(14)19-10-11-21-16-12-15-7-3-5-9-18(15)20-13-16/h2-9,12-13,19H,10-11H2,1H3. The minimum atomic E-state index is 0.606. The molecule has 0 unspecified atom stereocenters. The number of para-hydroxylation sites is 2. The molecule has 0 spiro atoms. The van der Waals surface area contributed by atoms with Crippen molar-refractivity contribution in [2.75, 3.05) is 18.5 Å². The summed E-state index contributed by atoms with van der Waals surface area (Å²) in [5, 5.41) is 4.47. The highest BCUT2D eigenvalue weighted by molar-refractivity contribution is 5.79. The molecule has 106 valence electrons. The maximum Gasteiger partial charge on any atom is 0.138 e. The van der Waals surface area contributed by atoms with Crippen molar-refractivity contribution in [2.24, 2.45) is 0 Å². The molecule has 3 rings (SSSR count). The molecule has 0 aliphatic rings. The van der Waals surface area contributed by atoms with Crippen LogP contribution in [0.1, 0.15) is 5.56 Å². The second kappa shape index (κ2) is 6.27. The number of aromatic nitrogens is 1. The minimum Gasteiger partial charge on any atom is -0.490 e. The van der Waals surface area contributed by atoms with Crippen molar-refractivity contribution in [3.8, 4) is 5.75 Å². The van der Waals surface area contributed by atoms with Crippen LogP contribution in [0.3, 0.4) is 0 Å². The SMILES string of the molecule is Cc1ccccc1NCCOc1cnc2ccccc2c1. The van der Waals surface area contributed by atoms with Crippen LogP contribution >= 0.6 is 0 Å². The Morgan fingerprint density at radius 3 is 2.76 bits per heavy atom. The second-order valence-electron chi connectivity index (χ2n) is 4.95. The van der Waals surface area contributed by atoms with Crippen LogP contribution in [-0.2, 0) is 0 Å². The molecule has 0 fully saturated rings. The molecule has 21 heavy (non-hydrogen) atoms. The third-order valence-corrected chi connectivity index (χ3v) is 3.40. The van der Waals surface area contributed by atoms with Crippen LogP contribution in [0.4, 0.5) is 5.69 Å². The molecular weight excluding hydrogens is 260 g/mol. The Balaban J connectivity index is 1.56. The maximum atomic E-state index is 5.75. The van der Waals surface area contributed by atoms with Gasteiger partial charge in [-0.15, -0.1) is 0 Å².